The summed E-state index contributed by atoms with van der Waals surface area (Å²) < 4.78 is 6.35. The number of hydrogen-bond donors (Lipinski definition) is 0. The molecule has 14 heavy (non-hydrogen) atoms. The van der Waals surface area contributed by atoms with Gasteiger partial charge in [-0.15, -0.1) is 0 Å². The number of rotatable bonds is 4. The lowest BCUT2D eigenvalue weighted by molar-refractivity contribution is -0.113. The first-order valence-corrected chi connectivity index (χ1v) is 5.17. The Hall–Kier alpha value is -0.670. The molecule has 0 aromatic heterocycles. The van der Waals surface area contributed by atoms with Crippen molar-refractivity contribution < 1.29 is 9.53 Å². The van der Waals surface area contributed by atoms with Crippen LogP contribution in [0.25, 0.3) is 0 Å². The molecule has 1 rings (SSSR count). The van der Waals surface area contributed by atoms with Gasteiger partial charge in [0.1, 0.15) is 6.29 Å². The third-order valence-corrected chi connectivity index (χ3v) is 3.06. The number of halogens is 1. The molecule has 0 saturated carbocycles. The Bertz CT molecular complexity index is 325. The van der Waals surface area contributed by atoms with E-state index in [0.29, 0.717) is 6.42 Å². The molecule has 1 unspecified atom stereocenters. The van der Waals surface area contributed by atoms with E-state index in [2.05, 4.69) is 15.9 Å². The fourth-order valence-corrected chi connectivity index (χ4v) is 2.06. The Balaban J connectivity index is 3.11. The lowest BCUT2D eigenvalue weighted by Crippen LogP contribution is -2.25. The van der Waals surface area contributed by atoms with Gasteiger partial charge in [0.15, 0.2) is 0 Å². The van der Waals surface area contributed by atoms with Crippen molar-refractivity contribution in [1.29, 1.82) is 0 Å². The van der Waals surface area contributed by atoms with Crippen molar-refractivity contribution in [2.24, 2.45) is 0 Å². The van der Waals surface area contributed by atoms with Crippen LogP contribution in [-0.4, -0.2) is 13.4 Å². The number of carbonyl (C=O) groups is 1. The van der Waals surface area contributed by atoms with Crippen molar-refractivity contribution in [2.45, 2.75) is 18.9 Å². The van der Waals surface area contributed by atoms with Gasteiger partial charge in [-0.25, -0.2) is 0 Å². The van der Waals surface area contributed by atoms with Crippen molar-refractivity contribution in [2.75, 3.05) is 7.11 Å². The summed E-state index contributed by atoms with van der Waals surface area (Å²) in [4.78, 5) is 10.6. The Kier molecular flexibility index (Phi) is 3.84. The van der Waals surface area contributed by atoms with E-state index in [1.165, 1.54) is 0 Å². The highest BCUT2D eigenvalue weighted by molar-refractivity contribution is 9.10. The molecule has 0 spiro atoms. The summed E-state index contributed by atoms with van der Waals surface area (Å²) in [5.74, 6) is 0. The predicted octanol–water partition coefficient (Wildman–Crippen LogP) is 2.90. The molecule has 0 heterocycles. The predicted molar refractivity (Wildman–Crippen MR) is 59.2 cm³/mol. The molecule has 76 valence electrons. The molecular weight excluding hydrogens is 244 g/mol. The van der Waals surface area contributed by atoms with E-state index < -0.39 is 5.60 Å². The molecule has 1 aromatic rings. The van der Waals surface area contributed by atoms with E-state index in [9.17, 15) is 4.79 Å². The largest absolute Gasteiger partial charge is 0.373 e. The van der Waals surface area contributed by atoms with Gasteiger partial charge in [0.2, 0.25) is 0 Å². The van der Waals surface area contributed by atoms with E-state index in [1.54, 1.807) is 7.11 Å². The highest BCUT2D eigenvalue weighted by atomic mass is 79.9. The monoisotopic (exact) mass is 256 g/mol. The molecule has 0 aliphatic heterocycles. The summed E-state index contributed by atoms with van der Waals surface area (Å²) in [6.45, 7) is 1.90. The van der Waals surface area contributed by atoms with Crippen LogP contribution in [-0.2, 0) is 15.1 Å². The van der Waals surface area contributed by atoms with Crippen LogP contribution in [0.3, 0.4) is 0 Å². The summed E-state index contributed by atoms with van der Waals surface area (Å²) in [7, 11) is 1.61. The smallest absolute Gasteiger partial charge is 0.123 e. The molecule has 0 radical (unpaired) electrons. The lowest BCUT2D eigenvalue weighted by Gasteiger charge is -2.27. The highest BCUT2D eigenvalue weighted by Gasteiger charge is 2.27. The molecule has 1 atom stereocenters. The van der Waals surface area contributed by atoms with Gasteiger partial charge in [-0.3, -0.25) is 0 Å². The molecular formula is C11H13BrO2. The van der Waals surface area contributed by atoms with Crippen LogP contribution in [0.2, 0.25) is 0 Å². The van der Waals surface area contributed by atoms with E-state index in [0.717, 1.165) is 16.3 Å². The molecule has 0 fully saturated rings. The van der Waals surface area contributed by atoms with Crippen LogP contribution in [0, 0.1) is 0 Å². The van der Waals surface area contributed by atoms with Gasteiger partial charge in [-0.1, -0.05) is 34.1 Å². The number of aldehydes is 1. The second-order valence-electron chi connectivity index (χ2n) is 3.29. The van der Waals surface area contributed by atoms with Crippen LogP contribution in [0.4, 0.5) is 0 Å². The van der Waals surface area contributed by atoms with E-state index in [4.69, 9.17) is 4.74 Å². The molecule has 0 amide bonds. The summed E-state index contributed by atoms with van der Waals surface area (Å²) >= 11 is 3.45. The Morgan fingerprint density at radius 3 is 2.64 bits per heavy atom. The maximum Gasteiger partial charge on any atom is 0.123 e. The van der Waals surface area contributed by atoms with Crippen molar-refractivity contribution in [3.8, 4) is 0 Å². The summed E-state index contributed by atoms with van der Waals surface area (Å²) in [6, 6.07) is 7.77. The van der Waals surface area contributed by atoms with E-state index in [-0.39, 0.29) is 0 Å². The van der Waals surface area contributed by atoms with Crippen molar-refractivity contribution in [3.05, 3.63) is 34.3 Å². The zero-order chi connectivity index (χ0) is 10.6. The molecule has 0 bridgehead atoms. The molecule has 3 heteroatoms. The minimum absolute atomic E-state index is 0.353. The molecule has 0 aliphatic rings. The molecule has 1 aromatic carbocycles. The Labute approximate surface area is 92.4 Å². The minimum Gasteiger partial charge on any atom is -0.373 e. The van der Waals surface area contributed by atoms with Crippen LogP contribution in [0.1, 0.15) is 18.9 Å². The normalized spacial score (nSPS) is 14.8. The number of benzene rings is 1. The zero-order valence-electron chi connectivity index (χ0n) is 8.29. The molecule has 0 N–H and O–H groups in total. The van der Waals surface area contributed by atoms with Gasteiger partial charge >= 0.3 is 0 Å². The SMILES string of the molecule is COC(C)(CC=O)c1ccccc1Br. The summed E-state index contributed by atoms with van der Waals surface area (Å²) in [5.41, 5.74) is 0.455. The first-order chi connectivity index (χ1) is 6.64. The number of hydrogen-bond acceptors (Lipinski definition) is 2. The van der Waals surface area contributed by atoms with Crippen molar-refractivity contribution in [3.63, 3.8) is 0 Å². The summed E-state index contributed by atoms with van der Waals surface area (Å²) in [6.07, 6.45) is 1.23. The topological polar surface area (TPSA) is 26.3 Å². The number of ether oxygens (including phenoxy) is 1. The average Bonchev–Trinajstić information content (AvgIpc) is 2.18. The van der Waals surface area contributed by atoms with Gasteiger partial charge < -0.3 is 9.53 Å². The molecule has 0 saturated heterocycles. The lowest BCUT2D eigenvalue weighted by atomic mass is 9.93. The first-order valence-electron chi connectivity index (χ1n) is 4.38. The maximum atomic E-state index is 10.6. The number of methoxy groups -OCH3 is 1. The van der Waals surface area contributed by atoms with Gasteiger partial charge in [0, 0.05) is 18.0 Å². The second kappa shape index (κ2) is 4.71. The average molecular weight is 257 g/mol. The van der Waals surface area contributed by atoms with E-state index >= 15 is 0 Å². The molecule has 2 nitrogen and oxygen atoms in total. The van der Waals surface area contributed by atoms with Crippen LogP contribution >= 0.6 is 15.9 Å². The van der Waals surface area contributed by atoms with Crippen LogP contribution in [0.5, 0.6) is 0 Å². The Morgan fingerprint density at radius 1 is 1.50 bits per heavy atom. The Morgan fingerprint density at radius 2 is 2.14 bits per heavy atom. The number of carbonyl (C=O) groups excluding carboxylic acids is 1. The van der Waals surface area contributed by atoms with E-state index in [1.807, 2.05) is 31.2 Å². The summed E-state index contributed by atoms with van der Waals surface area (Å²) in [5, 5.41) is 0. The van der Waals surface area contributed by atoms with Crippen LogP contribution < -0.4 is 0 Å². The first kappa shape index (κ1) is 11.4. The third-order valence-electron chi connectivity index (χ3n) is 2.37. The van der Waals surface area contributed by atoms with Gasteiger partial charge in [0.05, 0.1) is 5.60 Å². The molecule has 0 aliphatic carbocycles. The van der Waals surface area contributed by atoms with Gasteiger partial charge in [-0.05, 0) is 18.6 Å². The van der Waals surface area contributed by atoms with Crippen molar-refractivity contribution >= 4 is 22.2 Å². The zero-order valence-corrected chi connectivity index (χ0v) is 9.87. The maximum absolute atomic E-state index is 10.6. The van der Waals surface area contributed by atoms with Gasteiger partial charge in [-0.2, -0.15) is 0 Å². The fourth-order valence-electron chi connectivity index (χ4n) is 1.35. The fraction of sp³-hybridized carbons (Fsp3) is 0.364. The second-order valence-corrected chi connectivity index (χ2v) is 4.14. The quantitative estimate of drug-likeness (QED) is 0.775. The standard InChI is InChI=1S/C11H13BrO2/c1-11(14-2,7-8-13)9-5-3-4-6-10(9)12/h3-6,8H,7H2,1-2H3. The van der Waals surface area contributed by atoms with Crippen LogP contribution in [0.15, 0.2) is 28.7 Å². The highest BCUT2D eigenvalue weighted by Crippen LogP contribution is 2.32. The third kappa shape index (κ3) is 2.22. The van der Waals surface area contributed by atoms with Gasteiger partial charge in [0.25, 0.3) is 0 Å². The minimum atomic E-state index is -0.540. The van der Waals surface area contributed by atoms with Crippen molar-refractivity contribution in [1.82, 2.24) is 0 Å².